The summed E-state index contributed by atoms with van der Waals surface area (Å²) in [5, 5.41) is 3.47. The molecule has 0 spiro atoms. The van der Waals surface area contributed by atoms with Crippen LogP contribution in [0.2, 0.25) is 5.02 Å². The maximum Gasteiger partial charge on any atom is 0.253 e. The van der Waals surface area contributed by atoms with E-state index in [4.69, 9.17) is 11.6 Å². The molecule has 0 unspecified atom stereocenters. The van der Waals surface area contributed by atoms with E-state index in [9.17, 15) is 9.59 Å². The van der Waals surface area contributed by atoms with Crippen molar-refractivity contribution in [3.05, 3.63) is 52.7 Å². The van der Waals surface area contributed by atoms with Crippen molar-refractivity contribution in [1.82, 2.24) is 10.3 Å². The molecule has 28 heavy (non-hydrogen) atoms. The molecule has 0 radical (unpaired) electrons. The molecule has 2 fully saturated rings. The van der Waals surface area contributed by atoms with Crippen molar-refractivity contribution in [2.45, 2.75) is 32.2 Å². The highest BCUT2D eigenvalue weighted by molar-refractivity contribution is 6.31. The number of hydrogen-bond donors (Lipinski definition) is 1. The number of amides is 2. The van der Waals surface area contributed by atoms with Gasteiger partial charge in [0.1, 0.15) is 5.82 Å². The number of aromatic nitrogens is 1. The van der Waals surface area contributed by atoms with Crippen molar-refractivity contribution >= 4 is 34.9 Å². The average molecular weight is 399 g/mol. The topological polar surface area (TPSA) is 65.5 Å². The first-order chi connectivity index (χ1) is 13.6. The van der Waals surface area contributed by atoms with E-state index in [0.29, 0.717) is 35.8 Å². The second-order valence-corrected chi connectivity index (χ2v) is 7.65. The fourth-order valence-corrected chi connectivity index (χ4v) is 3.96. The van der Waals surface area contributed by atoms with Crippen LogP contribution in [0.3, 0.4) is 0 Å². The van der Waals surface area contributed by atoms with E-state index < -0.39 is 0 Å². The Kier molecular flexibility index (Phi) is 5.48. The molecule has 7 heteroatoms. The van der Waals surface area contributed by atoms with E-state index in [1.54, 1.807) is 29.3 Å². The molecule has 2 aromatic rings. The molecule has 1 aromatic carbocycles. The van der Waals surface area contributed by atoms with Gasteiger partial charge in [0, 0.05) is 43.8 Å². The number of carbonyl (C=O) groups is 2. The lowest BCUT2D eigenvalue weighted by Crippen LogP contribution is -2.29. The molecule has 2 amide bonds. The zero-order chi connectivity index (χ0) is 19.5. The van der Waals surface area contributed by atoms with Gasteiger partial charge in [-0.3, -0.25) is 9.59 Å². The summed E-state index contributed by atoms with van der Waals surface area (Å²) in [5.41, 5.74) is 2.05. The van der Waals surface area contributed by atoms with Gasteiger partial charge in [-0.05, 0) is 55.2 Å². The minimum Gasteiger partial charge on any atom is -0.357 e. The highest BCUT2D eigenvalue weighted by Gasteiger charge is 2.26. The van der Waals surface area contributed by atoms with Crippen LogP contribution in [0.4, 0.5) is 11.5 Å². The van der Waals surface area contributed by atoms with Gasteiger partial charge in [0.15, 0.2) is 0 Å². The summed E-state index contributed by atoms with van der Waals surface area (Å²) in [7, 11) is 0. The van der Waals surface area contributed by atoms with Crippen LogP contribution in [-0.2, 0) is 11.3 Å². The first-order valence-corrected chi connectivity index (χ1v) is 10.1. The fourth-order valence-electron chi connectivity index (χ4n) is 3.79. The lowest BCUT2D eigenvalue weighted by molar-refractivity contribution is -0.117. The van der Waals surface area contributed by atoms with Crippen molar-refractivity contribution in [2.24, 2.45) is 0 Å². The van der Waals surface area contributed by atoms with Crippen molar-refractivity contribution in [1.29, 1.82) is 0 Å². The number of nitrogens with one attached hydrogen (secondary N) is 1. The van der Waals surface area contributed by atoms with Crippen molar-refractivity contribution in [3.8, 4) is 0 Å². The van der Waals surface area contributed by atoms with Gasteiger partial charge in [0.25, 0.3) is 5.91 Å². The number of anilines is 2. The summed E-state index contributed by atoms with van der Waals surface area (Å²) >= 11 is 6.12. The van der Waals surface area contributed by atoms with Gasteiger partial charge >= 0.3 is 0 Å². The number of rotatable bonds is 5. The predicted octanol–water partition coefficient (Wildman–Crippen LogP) is 3.39. The second-order valence-electron chi connectivity index (χ2n) is 7.21. The second kappa shape index (κ2) is 8.19. The molecule has 3 heterocycles. The molecule has 2 aliphatic rings. The van der Waals surface area contributed by atoms with Crippen LogP contribution < -0.4 is 15.1 Å². The highest BCUT2D eigenvalue weighted by Crippen LogP contribution is 2.29. The summed E-state index contributed by atoms with van der Waals surface area (Å²) in [6.07, 6.45) is 5.47. The minimum absolute atomic E-state index is 0.0284. The maximum absolute atomic E-state index is 12.8. The molecular weight excluding hydrogens is 376 g/mol. The van der Waals surface area contributed by atoms with Crippen LogP contribution >= 0.6 is 11.6 Å². The first-order valence-electron chi connectivity index (χ1n) is 9.70. The van der Waals surface area contributed by atoms with Crippen LogP contribution in [-0.4, -0.2) is 36.4 Å². The normalized spacial score (nSPS) is 16.7. The monoisotopic (exact) mass is 398 g/mol. The van der Waals surface area contributed by atoms with Gasteiger partial charge in [0.2, 0.25) is 5.91 Å². The third-order valence-electron chi connectivity index (χ3n) is 5.26. The Morgan fingerprint density at radius 2 is 1.93 bits per heavy atom. The summed E-state index contributed by atoms with van der Waals surface area (Å²) in [5.74, 6) is 0.769. The van der Waals surface area contributed by atoms with Crippen LogP contribution in [0, 0.1) is 0 Å². The van der Waals surface area contributed by atoms with Crippen LogP contribution in [0.5, 0.6) is 0 Å². The van der Waals surface area contributed by atoms with E-state index in [1.165, 1.54) is 12.8 Å². The maximum atomic E-state index is 12.8. The number of pyridine rings is 1. The van der Waals surface area contributed by atoms with E-state index >= 15 is 0 Å². The van der Waals surface area contributed by atoms with Gasteiger partial charge in [-0.15, -0.1) is 0 Å². The van der Waals surface area contributed by atoms with Gasteiger partial charge in [-0.2, -0.15) is 0 Å². The fraction of sp³-hybridized carbons (Fsp3) is 0.381. The third-order valence-corrected chi connectivity index (χ3v) is 5.50. The number of carbonyl (C=O) groups excluding carboxylic acids is 2. The summed E-state index contributed by atoms with van der Waals surface area (Å²) in [6.45, 7) is 3.07. The summed E-state index contributed by atoms with van der Waals surface area (Å²) in [4.78, 5) is 33.3. The Morgan fingerprint density at radius 3 is 2.68 bits per heavy atom. The third kappa shape index (κ3) is 3.97. The first kappa shape index (κ1) is 18.7. The van der Waals surface area contributed by atoms with E-state index in [-0.39, 0.29) is 11.8 Å². The molecule has 0 saturated carbocycles. The lowest BCUT2D eigenvalue weighted by Gasteiger charge is -2.20. The highest BCUT2D eigenvalue weighted by atomic mass is 35.5. The minimum atomic E-state index is -0.217. The molecule has 4 rings (SSSR count). The molecule has 146 valence electrons. The standard InChI is InChI=1S/C21H23ClN4O2/c22-16-5-6-17(18(13-16)26-11-3-4-20(26)27)21(28)24-14-15-7-8-23-19(12-15)25-9-1-2-10-25/h5-8,12-13H,1-4,9-11,14H2,(H,24,28). The number of benzene rings is 1. The van der Waals surface area contributed by atoms with E-state index in [2.05, 4.69) is 15.2 Å². The summed E-state index contributed by atoms with van der Waals surface area (Å²) in [6, 6.07) is 8.99. The molecule has 0 atom stereocenters. The Morgan fingerprint density at radius 1 is 1.11 bits per heavy atom. The van der Waals surface area contributed by atoms with Crippen LogP contribution in [0.15, 0.2) is 36.5 Å². The number of hydrogen-bond acceptors (Lipinski definition) is 4. The molecule has 1 aromatic heterocycles. The predicted molar refractivity (Wildman–Crippen MR) is 110 cm³/mol. The number of nitrogens with zero attached hydrogens (tertiary/aromatic N) is 3. The number of halogens is 1. The van der Waals surface area contributed by atoms with E-state index in [0.717, 1.165) is 30.9 Å². The molecule has 1 N–H and O–H groups in total. The molecule has 2 aliphatic heterocycles. The summed E-state index contributed by atoms with van der Waals surface area (Å²) < 4.78 is 0. The van der Waals surface area contributed by atoms with Gasteiger partial charge < -0.3 is 15.1 Å². The Bertz CT molecular complexity index is 896. The van der Waals surface area contributed by atoms with Crippen molar-refractivity contribution in [2.75, 3.05) is 29.4 Å². The van der Waals surface area contributed by atoms with Crippen LogP contribution in [0.1, 0.15) is 41.6 Å². The zero-order valence-corrected chi connectivity index (χ0v) is 16.4. The molecule has 2 saturated heterocycles. The average Bonchev–Trinajstić information content (AvgIpc) is 3.38. The SMILES string of the molecule is O=C(NCc1ccnc(N2CCCC2)c1)c1ccc(Cl)cc1N1CCCC1=O. The van der Waals surface area contributed by atoms with Gasteiger partial charge in [-0.25, -0.2) is 4.98 Å². The smallest absolute Gasteiger partial charge is 0.253 e. The Labute approximate surface area is 169 Å². The molecular formula is C21H23ClN4O2. The van der Waals surface area contributed by atoms with Crippen molar-refractivity contribution in [3.63, 3.8) is 0 Å². The largest absolute Gasteiger partial charge is 0.357 e. The van der Waals surface area contributed by atoms with Gasteiger partial charge in [0.05, 0.1) is 11.3 Å². The molecule has 0 aliphatic carbocycles. The van der Waals surface area contributed by atoms with Gasteiger partial charge in [-0.1, -0.05) is 11.6 Å². The zero-order valence-electron chi connectivity index (χ0n) is 15.7. The van der Waals surface area contributed by atoms with E-state index in [1.807, 2.05) is 12.1 Å². The van der Waals surface area contributed by atoms with Crippen molar-refractivity contribution < 1.29 is 9.59 Å². The quantitative estimate of drug-likeness (QED) is 0.838. The molecule has 0 bridgehead atoms. The Hall–Kier alpha value is -2.60. The van der Waals surface area contributed by atoms with Crippen LogP contribution in [0.25, 0.3) is 0 Å². The Balaban J connectivity index is 1.48. The molecule has 6 nitrogen and oxygen atoms in total. The lowest BCUT2D eigenvalue weighted by atomic mass is 10.1.